The van der Waals surface area contributed by atoms with E-state index in [4.69, 9.17) is 4.74 Å². The first-order valence-electron chi connectivity index (χ1n) is 5.30. The highest BCUT2D eigenvalue weighted by Gasteiger charge is 2.20. The first-order chi connectivity index (χ1) is 7.03. The molecule has 0 fully saturated rings. The Balaban J connectivity index is 2.60. The van der Waals surface area contributed by atoms with Crippen LogP contribution in [0.2, 0.25) is 0 Å². The maximum Gasteiger partial charge on any atom is 0.0681 e. The largest absolute Gasteiger partial charge is 0.390 e. The number of rotatable bonds is 5. The summed E-state index contributed by atoms with van der Waals surface area (Å²) in [5.74, 6) is 0. The third-order valence-electron chi connectivity index (χ3n) is 2.51. The summed E-state index contributed by atoms with van der Waals surface area (Å²) in [6, 6.07) is 8.25. The van der Waals surface area contributed by atoms with Gasteiger partial charge in [-0.2, -0.15) is 0 Å². The molecular formula is C13H20O2. The van der Waals surface area contributed by atoms with Crippen molar-refractivity contribution in [3.05, 3.63) is 35.4 Å². The van der Waals surface area contributed by atoms with Crippen molar-refractivity contribution in [1.82, 2.24) is 0 Å². The highest BCUT2D eigenvalue weighted by molar-refractivity contribution is 5.23. The minimum Gasteiger partial charge on any atom is -0.390 e. The average Bonchev–Trinajstić information content (AvgIpc) is 2.14. The molecule has 1 unspecified atom stereocenters. The molecule has 2 nitrogen and oxygen atoms in total. The summed E-state index contributed by atoms with van der Waals surface area (Å²) in [5, 5.41) is 10.1. The molecule has 0 amide bonds. The van der Waals surface area contributed by atoms with Crippen LogP contribution < -0.4 is 0 Å². The Bertz CT molecular complexity index is 305. The number of methoxy groups -OCH3 is 1. The van der Waals surface area contributed by atoms with Crippen molar-refractivity contribution >= 4 is 0 Å². The molecule has 84 valence electrons. The molecule has 0 saturated carbocycles. The molecule has 0 aliphatic rings. The molecule has 0 bridgehead atoms. The summed E-state index contributed by atoms with van der Waals surface area (Å²) in [4.78, 5) is 0. The SMILES string of the molecule is COCCC(C)(O)Cc1cccc(C)c1. The minimum atomic E-state index is -0.677. The van der Waals surface area contributed by atoms with Crippen LogP contribution in [-0.4, -0.2) is 24.4 Å². The van der Waals surface area contributed by atoms with Gasteiger partial charge in [0.05, 0.1) is 5.60 Å². The van der Waals surface area contributed by atoms with E-state index in [0.717, 1.165) is 0 Å². The fraction of sp³-hybridized carbons (Fsp3) is 0.538. The third kappa shape index (κ3) is 4.45. The van der Waals surface area contributed by atoms with Crippen LogP contribution in [0.5, 0.6) is 0 Å². The monoisotopic (exact) mass is 208 g/mol. The fourth-order valence-corrected chi connectivity index (χ4v) is 1.67. The average molecular weight is 208 g/mol. The van der Waals surface area contributed by atoms with Gasteiger partial charge >= 0.3 is 0 Å². The predicted molar refractivity (Wildman–Crippen MR) is 62.0 cm³/mol. The molecule has 0 aliphatic carbocycles. The smallest absolute Gasteiger partial charge is 0.0681 e. The zero-order valence-corrected chi connectivity index (χ0v) is 9.79. The van der Waals surface area contributed by atoms with Gasteiger partial charge < -0.3 is 9.84 Å². The number of benzene rings is 1. The van der Waals surface area contributed by atoms with Crippen molar-refractivity contribution in [2.45, 2.75) is 32.3 Å². The zero-order chi connectivity index (χ0) is 11.3. The normalized spacial score (nSPS) is 14.9. The van der Waals surface area contributed by atoms with Crippen LogP contribution in [0.1, 0.15) is 24.5 Å². The standard InChI is InChI=1S/C13H20O2/c1-11-5-4-6-12(9-11)10-13(2,14)7-8-15-3/h4-6,9,14H,7-8,10H2,1-3H3. The molecule has 15 heavy (non-hydrogen) atoms. The van der Waals surface area contributed by atoms with E-state index in [1.165, 1.54) is 11.1 Å². The second-order valence-electron chi connectivity index (χ2n) is 4.41. The number of ether oxygens (including phenoxy) is 1. The van der Waals surface area contributed by atoms with E-state index in [1.807, 2.05) is 19.1 Å². The fourth-order valence-electron chi connectivity index (χ4n) is 1.67. The van der Waals surface area contributed by atoms with Crippen molar-refractivity contribution in [2.24, 2.45) is 0 Å². The number of aryl methyl sites for hydroxylation is 1. The van der Waals surface area contributed by atoms with Gasteiger partial charge in [-0.15, -0.1) is 0 Å². The molecule has 2 heteroatoms. The predicted octanol–water partition coefficient (Wildman–Crippen LogP) is 2.33. The lowest BCUT2D eigenvalue weighted by Crippen LogP contribution is -2.28. The Morgan fingerprint density at radius 3 is 2.73 bits per heavy atom. The van der Waals surface area contributed by atoms with Crippen molar-refractivity contribution in [3.8, 4) is 0 Å². The Morgan fingerprint density at radius 2 is 2.13 bits per heavy atom. The molecule has 1 aromatic carbocycles. The lowest BCUT2D eigenvalue weighted by Gasteiger charge is -2.23. The van der Waals surface area contributed by atoms with E-state index in [0.29, 0.717) is 19.4 Å². The summed E-state index contributed by atoms with van der Waals surface area (Å²) in [7, 11) is 1.66. The Kier molecular flexibility index (Phi) is 4.30. The van der Waals surface area contributed by atoms with Crippen molar-refractivity contribution in [3.63, 3.8) is 0 Å². The first-order valence-corrected chi connectivity index (χ1v) is 5.30. The van der Waals surface area contributed by atoms with Gasteiger partial charge in [-0.05, 0) is 25.8 Å². The number of aliphatic hydroxyl groups is 1. The van der Waals surface area contributed by atoms with E-state index in [1.54, 1.807) is 7.11 Å². The van der Waals surface area contributed by atoms with Gasteiger partial charge in [0.2, 0.25) is 0 Å². The molecule has 0 saturated heterocycles. The maximum absolute atomic E-state index is 10.1. The second-order valence-corrected chi connectivity index (χ2v) is 4.41. The van der Waals surface area contributed by atoms with Crippen molar-refractivity contribution in [2.75, 3.05) is 13.7 Å². The maximum atomic E-state index is 10.1. The Hall–Kier alpha value is -0.860. The molecule has 1 N–H and O–H groups in total. The quantitative estimate of drug-likeness (QED) is 0.804. The molecule has 0 aromatic heterocycles. The van der Waals surface area contributed by atoms with Crippen LogP contribution in [-0.2, 0) is 11.2 Å². The van der Waals surface area contributed by atoms with Gasteiger partial charge in [0.15, 0.2) is 0 Å². The molecule has 1 atom stereocenters. The van der Waals surface area contributed by atoms with Gasteiger partial charge in [0.1, 0.15) is 0 Å². The van der Waals surface area contributed by atoms with E-state index in [2.05, 4.69) is 19.1 Å². The van der Waals surface area contributed by atoms with E-state index >= 15 is 0 Å². The van der Waals surface area contributed by atoms with Gasteiger partial charge in [-0.3, -0.25) is 0 Å². The Labute approximate surface area is 91.9 Å². The number of hydrogen-bond donors (Lipinski definition) is 1. The zero-order valence-electron chi connectivity index (χ0n) is 9.79. The van der Waals surface area contributed by atoms with Crippen LogP contribution in [0.4, 0.5) is 0 Å². The molecule has 1 rings (SSSR count). The number of hydrogen-bond acceptors (Lipinski definition) is 2. The third-order valence-corrected chi connectivity index (χ3v) is 2.51. The van der Waals surface area contributed by atoms with Crippen LogP contribution in [0, 0.1) is 6.92 Å². The van der Waals surface area contributed by atoms with E-state index < -0.39 is 5.60 Å². The summed E-state index contributed by atoms with van der Waals surface area (Å²) >= 11 is 0. The highest BCUT2D eigenvalue weighted by atomic mass is 16.5. The lowest BCUT2D eigenvalue weighted by molar-refractivity contribution is 0.0249. The highest BCUT2D eigenvalue weighted by Crippen LogP contribution is 2.17. The molecule has 0 heterocycles. The van der Waals surface area contributed by atoms with Gasteiger partial charge in [0, 0.05) is 20.1 Å². The van der Waals surface area contributed by atoms with Gasteiger partial charge in [-0.25, -0.2) is 0 Å². The Morgan fingerprint density at radius 1 is 1.40 bits per heavy atom. The lowest BCUT2D eigenvalue weighted by atomic mass is 9.93. The summed E-state index contributed by atoms with van der Waals surface area (Å²) < 4.78 is 4.98. The van der Waals surface area contributed by atoms with Crippen LogP contribution in [0.25, 0.3) is 0 Å². The molecular weight excluding hydrogens is 188 g/mol. The van der Waals surface area contributed by atoms with Gasteiger partial charge in [0.25, 0.3) is 0 Å². The van der Waals surface area contributed by atoms with Crippen LogP contribution in [0.15, 0.2) is 24.3 Å². The summed E-state index contributed by atoms with van der Waals surface area (Å²) in [6.45, 7) is 4.51. The summed E-state index contributed by atoms with van der Waals surface area (Å²) in [6.07, 6.45) is 1.34. The van der Waals surface area contributed by atoms with E-state index in [-0.39, 0.29) is 0 Å². The van der Waals surface area contributed by atoms with Crippen LogP contribution >= 0.6 is 0 Å². The van der Waals surface area contributed by atoms with Crippen LogP contribution in [0.3, 0.4) is 0 Å². The molecule has 0 spiro atoms. The molecule has 1 aromatic rings. The summed E-state index contributed by atoms with van der Waals surface area (Å²) in [5.41, 5.74) is 1.73. The van der Waals surface area contributed by atoms with Crippen molar-refractivity contribution in [1.29, 1.82) is 0 Å². The van der Waals surface area contributed by atoms with Gasteiger partial charge in [-0.1, -0.05) is 29.8 Å². The van der Waals surface area contributed by atoms with E-state index in [9.17, 15) is 5.11 Å². The topological polar surface area (TPSA) is 29.5 Å². The first kappa shape index (κ1) is 12.2. The molecule has 0 aliphatic heterocycles. The minimum absolute atomic E-state index is 0.596. The second kappa shape index (κ2) is 5.29. The molecule has 0 radical (unpaired) electrons. The van der Waals surface area contributed by atoms with Crippen molar-refractivity contribution < 1.29 is 9.84 Å².